The molecule has 0 bridgehead atoms. The summed E-state index contributed by atoms with van der Waals surface area (Å²) in [6.07, 6.45) is -4.31. The molecule has 1 N–H and O–H groups in total. The fourth-order valence-corrected chi connectivity index (χ4v) is 3.00. The molecule has 0 saturated carbocycles. The lowest BCUT2D eigenvalue weighted by Gasteiger charge is -2.10. The minimum Gasteiger partial charge on any atom is -0.497 e. The van der Waals surface area contributed by atoms with Crippen LogP contribution in [0.25, 0.3) is 11.0 Å². The second kappa shape index (κ2) is 7.98. The number of ether oxygens (including phenoxy) is 1. The number of fused-ring (bicyclic) bond motifs is 1. The number of aryl methyl sites for hydroxylation is 1. The van der Waals surface area contributed by atoms with E-state index in [1.807, 2.05) is 0 Å². The zero-order valence-corrected chi connectivity index (χ0v) is 15.7. The van der Waals surface area contributed by atoms with Crippen LogP contribution in [0.5, 0.6) is 5.75 Å². The lowest BCUT2D eigenvalue weighted by molar-refractivity contribution is -0.137. The van der Waals surface area contributed by atoms with E-state index in [0.29, 0.717) is 22.5 Å². The minimum atomic E-state index is -4.44. The van der Waals surface area contributed by atoms with Crippen molar-refractivity contribution < 1.29 is 27.1 Å². The Bertz CT molecular complexity index is 1100. The molecule has 0 fully saturated rings. The second-order valence-corrected chi connectivity index (χ2v) is 6.48. The molecule has 3 rings (SSSR count). The van der Waals surface area contributed by atoms with E-state index in [1.165, 1.54) is 19.2 Å². The molecule has 0 aliphatic rings. The van der Waals surface area contributed by atoms with Crippen LogP contribution < -0.4 is 15.7 Å². The molecule has 1 aromatic heterocycles. The summed E-state index contributed by atoms with van der Waals surface area (Å²) in [5.41, 5.74) is 0.399. The lowest BCUT2D eigenvalue weighted by atomic mass is 10.0. The van der Waals surface area contributed by atoms with E-state index in [-0.39, 0.29) is 18.5 Å². The third-order valence-electron chi connectivity index (χ3n) is 4.59. The van der Waals surface area contributed by atoms with Crippen LogP contribution in [0.1, 0.15) is 23.1 Å². The smallest absolute Gasteiger partial charge is 0.416 e. The van der Waals surface area contributed by atoms with Crippen molar-refractivity contribution in [3.8, 4) is 5.75 Å². The van der Waals surface area contributed by atoms with E-state index >= 15 is 0 Å². The molecule has 152 valence electrons. The molecule has 3 aromatic rings. The predicted octanol–water partition coefficient (Wildman–Crippen LogP) is 4.70. The topological polar surface area (TPSA) is 68.5 Å². The van der Waals surface area contributed by atoms with Gasteiger partial charge in [0.2, 0.25) is 5.91 Å². The molecule has 0 aliphatic carbocycles. The van der Waals surface area contributed by atoms with E-state index in [1.54, 1.807) is 25.1 Å². The summed E-state index contributed by atoms with van der Waals surface area (Å²) in [6.45, 7) is 1.77. The number of benzene rings is 2. The van der Waals surface area contributed by atoms with E-state index in [2.05, 4.69) is 5.32 Å². The molecule has 8 heteroatoms. The summed E-state index contributed by atoms with van der Waals surface area (Å²) < 4.78 is 48.2. The van der Waals surface area contributed by atoms with Crippen LogP contribution in [-0.2, 0) is 17.4 Å². The molecular formula is C21H18F3NO4. The highest BCUT2D eigenvalue weighted by molar-refractivity contribution is 5.91. The molecule has 0 saturated heterocycles. The van der Waals surface area contributed by atoms with Crippen LogP contribution in [-0.4, -0.2) is 13.0 Å². The number of alkyl halides is 3. The molecular weight excluding hydrogens is 387 g/mol. The fourth-order valence-electron chi connectivity index (χ4n) is 3.00. The van der Waals surface area contributed by atoms with Crippen LogP contribution in [0.4, 0.5) is 18.9 Å². The lowest BCUT2D eigenvalue weighted by Crippen LogP contribution is -2.16. The van der Waals surface area contributed by atoms with Gasteiger partial charge in [-0.15, -0.1) is 0 Å². The first-order valence-corrected chi connectivity index (χ1v) is 8.76. The number of hydrogen-bond acceptors (Lipinski definition) is 4. The van der Waals surface area contributed by atoms with Gasteiger partial charge in [0, 0.05) is 29.1 Å². The fraction of sp³-hybridized carbons (Fsp3) is 0.238. The Labute approximate surface area is 164 Å². The van der Waals surface area contributed by atoms with Crippen molar-refractivity contribution in [2.45, 2.75) is 25.9 Å². The van der Waals surface area contributed by atoms with Gasteiger partial charge in [-0.25, -0.2) is 4.79 Å². The highest BCUT2D eigenvalue weighted by Gasteiger charge is 2.30. The number of methoxy groups -OCH3 is 1. The number of amides is 1. The average molecular weight is 405 g/mol. The number of rotatable bonds is 5. The zero-order valence-electron chi connectivity index (χ0n) is 15.7. The van der Waals surface area contributed by atoms with Crippen molar-refractivity contribution in [1.29, 1.82) is 0 Å². The van der Waals surface area contributed by atoms with Crippen LogP contribution >= 0.6 is 0 Å². The normalized spacial score (nSPS) is 11.5. The minimum absolute atomic E-state index is 0.0196. The van der Waals surface area contributed by atoms with Gasteiger partial charge in [0.25, 0.3) is 0 Å². The summed E-state index contributed by atoms with van der Waals surface area (Å²) >= 11 is 0. The molecule has 29 heavy (non-hydrogen) atoms. The summed E-state index contributed by atoms with van der Waals surface area (Å²) in [6, 6.07) is 9.30. The van der Waals surface area contributed by atoms with E-state index in [9.17, 15) is 22.8 Å². The van der Waals surface area contributed by atoms with E-state index in [0.717, 1.165) is 17.5 Å². The van der Waals surface area contributed by atoms with E-state index in [4.69, 9.17) is 9.15 Å². The van der Waals surface area contributed by atoms with Gasteiger partial charge in [-0.1, -0.05) is 0 Å². The standard InChI is InChI=1S/C21H18F3NO4/c1-12-16-8-7-15(28-2)11-18(16)29-20(27)17(12)9-10-19(26)25-14-5-3-13(4-6-14)21(22,23)24/h3-8,11H,9-10H2,1-2H3,(H,25,26). The Morgan fingerprint density at radius 1 is 1.14 bits per heavy atom. The summed E-state index contributed by atoms with van der Waals surface area (Å²) in [5.74, 6) is 0.141. The highest BCUT2D eigenvalue weighted by atomic mass is 19.4. The van der Waals surface area contributed by atoms with Crippen LogP contribution in [0, 0.1) is 6.92 Å². The summed E-state index contributed by atoms with van der Waals surface area (Å²) in [7, 11) is 1.51. The van der Waals surface area contributed by atoms with Gasteiger partial charge in [-0.3, -0.25) is 4.79 Å². The third kappa shape index (κ3) is 4.59. The first kappa shape index (κ1) is 20.4. The molecule has 0 radical (unpaired) electrons. The van der Waals surface area contributed by atoms with Crippen molar-refractivity contribution >= 4 is 22.6 Å². The van der Waals surface area contributed by atoms with Crippen molar-refractivity contribution in [2.75, 3.05) is 12.4 Å². The Morgan fingerprint density at radius 3 is 2.45 bits per heavy atom. The van der Waals surface area contributed by atoms with Gasteiger partial charge in [0.05, 0.1) is 12.7 Å². The van der Waals surface area contributed by atoms with E-state index < -0.39 is 23.3 Å². The number of hydrogen-bond donors (Lipinski definition) is 1. The van der Waals surface area contributed by atoms with Gasteiger partial charge in [-0.2, -0.15) is 13.2 Å². The number of nitrogens with one attached hydrogen (secondary N) is 1. The number of carbonyl (C=O) groups excluding carboxylic acids is 1. The SMILES string of the molecule is COc1ccc2c(C)c(CCC(=O)Nc3ccc(C(F)(F)F)cc3)c(=O)oc2c1. The largest absolute Gasteiger partial charge is 0.497 e. The van der Waals surface area contributed by atoms with Crippen LogP contribution in [0.3, 0.4) is 0 Å². The predicted molar refractivity (Wildman–Crippen MR) is 102 cm³/mol. The molecule has 1 heterocycles. The van der Waals surface area contributed by atoms with Gasteiger partial charge >= 0.3 is 11.8 Å². The van der Waals surface area contributed by atoms with Crippen molar-refractivity contribution in [3.05, 3.63) is 69.6 Å². The maximum Gasteiger partial charge on any atom is 0.416 e. The highest BCUT2D eigenvalue weighted by Crippen LogP contribution is 2.30. The van der Waals surface area contributed by atoms with Gasteiger partial charge in [0.1, 0.15) is 11.3 Å². The zero-order chi connectivity index (χ0) is 21.2. The summed E-state index contributed by atoms with van der Waals surface area (Å²) in [5, 5.41) is 3.27. The van der Waals surface area contributed by atoms with Crippen LogP contribution in [0.2, 0.25) is 0 Å². The average Bonchev–Trinajstić information content (AvgIpc) is 2.67. The molecule has 2 aromatic carbocycles. The van der Waals surface area contributed by atoms with Crippen molar-refractivity contribution in [1.82, 2.24) is 0 Å². The van der Waals surface area contributed by atoms with Crippen LogP contribution in [0.15, 0.2) is 51.7 Å². The van der Waals surface area contributed by atoms with Crippen molar-refractivity contribution in [3.63, 3.8) is 0 Å². The number of anilines is 1. The monoisotopic (exact) mass is 405 g/mol. The maximum absolute atomic E-state index is 12.6. The van der Waals surface area contributed by atoms with Crippen molar-refractivity contribution in [2.24, 2.45) is 0 Å². The third-order valence-corrected chi connectivity index (χ3v) is 4.59. The maximum atomic E-state index is 12.6. The molecule has 0 aliphatic heterocycles. The number of carbonyl (C=O) groups is 1. The Kier molecular flexibility index (Phi) is 5.63. The molecule has 0 spiro atoms. The molecule has 0 atom stereocenters. The second-order valence-electron chi connectivity index (χ2n) is 6.48. The number of halogens is 3. The molecule has 5 nitrogen and oxygen atoms in total. The Hall–Kier alpha value is -3.29. The quantitative estimate of drug-likeness (QED) is 0.625. The molecule has 0 unspecified atom stereocenters. The Balaban J connectivity index is 1.71. The first-order valence-electron chi connectivity index (χ1n) is 8.76. The first-order chi connectivity index (χ1) is 13.7. The summed E-state index contributed by atoms with van der Waals surface area (Å²) in [4.78, 5) is 24.5. The van der Waals surface area contributed by atoms with Gasteiger partial charge < -0.3 is 14.5 Å². The Morgan fingerprint density at radius 2 is 1.83 bits per heavy atom. The van der Waals surface area contributed by atoms with Gasteiger partial charge in [-0.05, 0) is 55.3 Å². The molecule has 1 amide bonds. The van der Waals surface area contributed by atoms with Gasteiger partial charge in [0.15, 0.2) is 0 Å².